The number of carbonyl (C=O) groups excluding carboxylic acids is 1. The zero-order valence-electron chi connectivity index (χ0n) is 13.9. The van der Waals surface area contributed by atoms with E-state index in [1.807, 2.05) is 6.92 Å². The van der Waals surface area contributed by atoms with Crippen LogP contribution in [-0.2, 0) is 20.5 Å². The third-order valence-corrected chi connectivity index (χ3v) is 5.56. The number of esters is 1. The molecule has 0 saturated carbocycles. The number of hydrogen-bond donors (Lipinski definition) is 2. The van der Waals surface area contributed by atoms with Crippen molar-refractivity contribution in [2.75, 3.05) is 20.2 Å². The van der Waals surface area contributed by atoms with E-state index in [9.17, 15) is 13.2 Å². The van der Waals surface area contributed by atoms with Crippen molar-refractivity contribution in [2.24, 2.45) is 5.92 Å². The molecule has 2 N–H and O–H groups in total. The van der Waals surface area contributed by atoms with E-state index in [1.165, 1.54) is 7.11 Å². The van der Waals surface area contributed by atoms with Crippen LogP contribution < -0.4 is 10.0 Å². The summed E-state index contributed by atoms with van der Waals surface area (Å²) in [5, 5.41) is 3.29. The molecule has 2 unspecified atom stereocenters. The summed E-state index contributed by atoms with van der Waals surface area (Å²) < 4.78 is 32.1. The summed E-state index contributed by atoms with van der Waals surface area (Å²) in [7, 11) is -2.16. The van der Waals surface area contributed by atoms with Crippen LogP contribution in [0.2, 0.25) is 0 Å². The molecule has 1 heterocycles. The first-order chi connectivity index (χ1) is 10.9. The fraction of sp³-hybridized carbons (Fsp3) is 0.562. The SMILES string of the molecule is COC(=O)c1cccc(CS(=O)(=O)NC(C)C2CCCNC2)c1.Cl. The maximum Gasteiger partial charge on any atom is 0.337 e. The van der Waals surface area contributed by atoms with Gasteiger partial charge in [0.25, 0.3) is 0 Å². The van der Waals surface area contributed by atoms with E-state index in [4.69, 9.17) is 0 Å². The van der Waals surface area contributed by atoms with E-state index in [-0.39, 0.29) is 24.2 Å². The van der Waals surface area contributed by atoms with Gasteiger partial charge < -0.3 is 10.1 Å². The Morgan fingerprint density at radius 1 is 1.46 bits per heavy atom. The minimum absolute atomic E-state index is 0. The van der Waals surface area contributed by atoms with Crippen LogP contribution in [0.5, 0.6) is 0 Å². The van der Waals surface area contributed by atoms with Crippen molar-refractivity contribution in [1.82, 2.24) is 10.0 Å². The molecule has 0 radical (unpaired) electrons. The molecule has 0 aromatic heterocycles. The first kappa shape index (κ1) is 20.9. The van der Waals surface area contributed by atoms with Crippen molar-refractivity contribution in [3.05, 3.63) is 35.4 Å². The van der Waals surface area contributed by atoms with Gasteiger partial charge in [-0.05, 0) is 56.5 Å². The maximum atomic E-state index is 12.4. The second-order valence-corrected chi connectivity index (χ2v) is 7.72. The summed E-state index contributed by atoms with van der Waals surface area (Å²) in [6, 6.07) is 6.39. The van der Waals surface area contributed by atoms with Gasteiger partial charge in [-0.1, -0.05) is 12.1 Å². The van der Waals surface area contributed by atoms with Crippen molar-refractivity contribution in [3.63, 3.8) is 0 Å². The van der Waals surface area contributed by atoms with Crippen molar-refractivity contribution in [3.8, 4) is 0 Å². The molecule has 136 valence electrons. The smallest absolute Gasteiger partial charge is 0.337 e. The quantitative estimate of drug-likeness (QED) is 0.738. The lowest BCUT2D eigenvalue weighted by Crippen LogP contribution is -2.44. The molecule has 1 fully saturated rings. The van der Waals surface area contributed by atoms with Crippen LogP contribution in [0.4, 0.5) is 0 Å². The summed E-state index contributed by atoms with van der Waals surface area (Å²) >= 11 is 0. The molecule has 1 aromatic carbocycles. The Morgan fingerprint density at radius 2 is 2.21 bits per heavy atom. The van der Waals surface area contributed by atoms with E-state index in [2.05, 4.69) is 14.8 Å². The van der Waals surface area contributed by atoms with E-state index < -0.39 is 16.0 Å². The lowest BCUT2D eigenvalue weighted by atomic mass is 9.94. The Hall–Kier alpha value is -1.15. The van der Waals surface area contributed by atoms with E-state index in [0.717, 1.165) is 25.9 Å². The molecule has 1 aliphatic heterocycles. The predicted octanol–water partition coefficient (Wildman–Crippen LogP) is 1.70. The van der Waals surface area contributed by atoms with Gasteiger partial charge in [-0.15, -0.1) is 12.4 Å². The summed E-state index contributed by atoms with van der Waals surface area (Å²) in [5.74, 6) is -0.318. The minimum atomic E-state index is -3.46. The van der Waals surface area contributed by atoms with Crippen molar-refractivity contribution >= 4 is 28.4 Å². The number of rotatable bonds is 6. The van der Waals surface area contributed by atoms with Crippen LogP contribution in [0, 0.1) is 5.92 Å². The Kier molecular flexibility index (Phi) is 8.15. The Bertz CT molecular complexity index is 645. The Morgan fingerprint density at radius 3 is 2.83 bits per heavy atom. The first-order valence-electron chi connectivity index (χ1n) is 7.79. The number of ether oxygens (including phenoxy) is 1. The second kappa shape index (κ2) is 9.36. The maximum absolute atomic E-state index is 12.4. The molecule has 1 aliphatic rings. The van der Waals surface area contributed by atoms with E-state index in [1.54, 1.807) is 24.3 Å². The number of hydrogen-bond acceptors (Lipinski definition) is 5. The number of nitrogens with one attached hydrogen (secondary N) is 2. The lowest BCUT2D eigenvalue weighted by Gasteiger charge is -2.28. The van der Waals surface area contributed by atoms with Gasteiger partial charge in [-0.25, -0.2) is 17.9 Å². The van der Waals surface area contributed by atoms with Crippen LogP contribution >= 0.6 is 12.4 Å². The summed E-state index contributed by atoms with van der Waals surface area (Å²) in [5.41, 5.74) is 0.916. The predicted molar refractivity (Wildman–Crippen MR) is 95.8 cm³/mol. The molecular weight excluding hydrogens is 352 g/mol. The zero-order chi connectivity index (χ0) is 16.9. The third-order valence-electron chi connectivity index (χ3n) is 4.11. The van der Waals surface area contributed by atoms with Crippen LogP contribution in [0.25, 0.3) is 0 Å². The highest BCUT2D eigenvalue weighted by molar-refractivity contribution is 7.88. The standard InChI is InChI=1S/C16H24N2O4S.ClH/c1-12(15-7-4-8-17-10-15)18-23(20,21)11-13-5-3-6-14(9-13)16(19)22-2;/h3,5-6,9,12,15,17-18H,4,7-8,10-11H2,1-2H3;1H. The van der Waals surface area contributed by atoms with Crippen LogP contribution in [0.15, 0.2) is 24.3 Å². The molecule has 0 amide bonds. The highest BCUT2D eigenvalue weighted by Gasteiger charge is 2.24. The number of sulfonamides is 1. The van der Waals surface area contributed by atoms with Crippen LogP contribution in [0.3, 0.4) is 0 Å². The highest BCUT2D eigenvalue weighted by atomic mass is 35.5. The average Bonchev–Trinajstić information content (AvgIpc) is 2.54. The van der Waals surface area contributed by atoms with Crippen LogP contribution in [-0.4, -0.2) is 40.6 Å². The van der Waals surface area contributed by atoms with Gasteiger partial charge in [0.2, 0.25) is 10.0 Å². The Balaban J connectivity index is 0.00000288. The van der Waals surface area contributed by atoms with Gasteiger partial charge in [0.1, 0.15) is 0 Å². The van der Waals surface area contributed by atoms with Gasteiger partial charge in [-0.2, -0.15) is 0 Å². The molecule has 0 bridgehead atoms. The van der Waals surface area contributed by atoms with Crippen molar-refractivity contribution in [2.45, 2.75) is 31.6 Å². The number of benzene rings is 1. The average molecular weight is 377 g/mol. The highest BCUT2D eigenvalue weighted by Crippen LogP contribution is 2.16. The lowest BCUT2D eigenvalue weighted by molar-refractivity contribution is 0.0600. The molecule has 0 spiro atoms. The van der Waals surface area contributed by atoms with Gasteiger partial charge >= 0.3 is 5.97 Å². The fourth-order valence-corrected chi connectivity index (χ4v) is 4.31. The summed E-state index contributed by atoms with van der Waals surface area (Å²) in [6.07, 6.45) is 2.09. The third kappa shape index (κ3) is 6.05. The van der Waals surface area contributed by atoms with Crippen molar-refractivity contribution in [1.29, 1.82) is 0 Å². The molecule has 6 nitrogen and oxygen atoms in total. The van der Waals surface area contributed by atoms with Gasteiger partial charge in [0.15, 0.2) is 0 Å². The monoisotopic (exact) mass is 376 g/mol. The van der Waals surface area contributed by atoms with Gasteiger partial charge in [0, 0.05) is 6.04 Å². The molecule has 0 aliphatic carbocycles. The van der Waals surface area contributed by atoms with Gasteiger partial charge in [-0.3, -0.25) is 0 Å². The molecular formula is C16H25ClN2O4S. The number of halogens is 1. The fourth-order valence-electron chi connectivity index (χ4n) is 2.85. The topological polar surface area (TPSA) is 84.5 Å². The van der Waals surface area contributed by atoms with E-state index >= 15 is 0 Å². The normalized spacial score (nSPS) is 19.2. The zero-order valence-corrected chi connectivity index (χ0v) is 15.6. The molecule has 2 rings (SSSR count). The molecule has 8 heteroatoms. The largest absolute Gasteiger partial charge is 0.465 e. The summed E-state index contributed by atoms with van der Waals surface area (Å²) in [4.78, 5) is 11.5. The number of methoxy groups -OCH3 is 1. The second-order valence-electron chi connectivity index (χ2n) is 5.96. The number of carbonyl (C=O) groups is 1. The van der Waals surface area contributed by atoms with E-state index in [0.29, 0.717) is 17.0 Å². The summed E-state index contributed by atoms with van der Waals surface area (Å²) in [6.45, 7) is 3.73. The minimum Gasteiger partial charge on any atom is -0.465 e. The van der Waals surface area contributed by atoms with Crippen molar-refractivity contribution < 1.29 is 17.9 Å². The van der Waals surface area contributed by atoms with Crippen LogP contribution in [0.1, 0.15) is 35.7 Å². The Labute approximate surface area is 149 Å². The molecule has 1 saturated heterocycles. The molecule has 2 atom stereocenters. The van der Waals surface area contributed by atoms with Gasteiger partial charge in [0.05, 0.1) is 18.4 Å². The number of piperidine rings is 1. The molecule has 24 heavy (non-hydrogen) atoms. The first-order valence-corrected chi connectivity index (χ1v) is 9.44. The molecule has 1 aromatic rings.